The van der Waals surface area contributed by atoms with E-state index in [4.69, 9.17) is 0 Å². The molecule has 1 aliphatic carbocycles. The molecule has 0 heterocycles. The van der Waals surface area contributed by atoms with Crippen molar-refractivity contribution in [1.29, 1.82) is 0 Å². The molecule has 4 aromatic carbocycles. The largest absolute Gasteiger partial charge is 0.0622 e. The van der Waals surface area contributed by atoms with Crippen LogP contribution < -0.4 is 0 Å². The highest BCUT2D eigenvalue weighted by Gasteiger charge is 2.19. The van der Waals surface area contributed by atoms with Gasteiger partial charge in [-0.15, -0.1) is 0 Å². The van der Waals surface area contributed by atoms with Crippen molar-refractivity contribution in [2.45, 2.75) is 38.0 Å². The Hall–Kier alpha value is -3.12. The van der Waals surface area contributed by atoms with Crippen LogP contribution >= 0.6 is 0 Å². The second-order valence-corrected chi connectivity index (χ2v) is 8.51. The lowest BCUT2D eigenvalue weighted by Gasteiger charge is -2.25. The number of fused-ring (bicyclic) bond motifs is 1. The fourth-order valence-corrected chi connectivity index (χ4v) is 4.72. The van der Waals surface area contributed by atoms with E-state index in [2.05, 4.69) is 103 Å². The van der Waals surface area contributed by atoms with Crippen LogP contribution in [-0.4, -0.2) is 0 Å². The Morgan fingerprint density at radius 3 is 1.80 bits per heavy atom. The smallest absolute Gasteiger partial charge is 0.0118 e. The van der Waals surface area contributed by atoms with Gasteiger partial charge in [-0.2, -0.15) is 0 Å². The molecule has 0 bridgehead atoms. The summed E-state index contributed by atoms with van der Waals surface area (Å²) in [5.41, 5.74) is 9.99. The molecule has 0 aromatic heterocycles. The molecule has 0 N–H and O–H groups in total. The van der Waals surface area contributed by atoms with Crippen LogP contribution in [0.15, 0.2) is 103 Å². The molecule has 0 heteroatoms. The zero-order valence-corrected chi connectivity index (χ0v) is 17.4. The molecule has 0 saturated carbocycles. The molecule has 1 aliphatic rings. The molecule has 5 rings (SSSR count). The van der Waals surface area contributed by atoms with Crippen LogP contribution in [0.1, 0.15) is 40.2 Å². The van der Waals surface area contributed by atoms with Crippen molar-refractivity contribution < 1.29 is 0 Å². The SMILES string of the molecule is c1ccc(-c2ccc(CCc3ccc(C4CCc5ccccc5C4)cc3)cc2)cc1. The first-order chi connectivity index (χ1) is 14.8. The molecule has 1 unspecified atom stereocenters. The van der Waals surface area contributed by atoms with Gasteiger partial charge in [0.2, 0.25) is 0 Å². The zero-order valence-electron chi connectivity index (χ0n) is 17.4. The average Bonchev–Trinajstić information content (AvgIpc) is 2.84. The quantitative estimate of drug-likeness (QED) is 0.334. The lowest BCUT2D eigenvalue weighted by atomic mass is 9.80. The van der Waals surface area contributed by atoms with Crippen LogP contribution in [0.25, 0.3) is 11.1 Å². The fraction of sp³-hybridized carbons (Fsp3) is 0.200. The molecule has 0 radical (unpaired) electrons. The van der Waals surface area contributed by atoms with Gasteiger partial charge in [0.15, 0.2) is 0 Å². The van der Waals surface area contributed by atoms with E-state index in [0.717, 1.165) is 12.8 Å². The van der Waals surface area contributed by atoms with Crippen LogP contribution in [-0.2, 0) is 25.7 Å². The summed E-state index contributed by atoms with van der Waals surface area (Å²) in [4.78, 5) is 0. The van der Waals surface area contributed by atoms with Crippen molar-refractivity contribution in [2.24, 2.45) is 0 Å². The molecule has 0 aliphatic heterocycles. The molecule has 0 spiro atoms. The second kappa shape index (κ2) is 8.71. The summed E-state index contributed by atoms with van der Waals surface area (Å²) >= 11 is 0. The van der Waals surface area contributed by atoms with Crippen molar-refractivity contribution in [1.82, 2.24) is 0 Å². The molecule has 148 valence electrons. The highest BCUT2D eigenvalue weighted by Crippen LogP contribution is 2.32. The van der Waals surface area contributed by atoms with Gasteiger partial charge in [-0.3, -0.25) is 0 Å². The van der Waals surface area contributed by atoms with Gasteiger partial charge in [-0.1, -0.05) is 103 Å². The maximum atomic E-state index is 2.37. The van der Waals surface area contributed by atoms with Gasteiger partial charge in [0.1, 0.15) is 0 Å². The molecule has 30 heavy (non-hydrogen) atoms. The molecular formula is C30H28. The predicted molar refractivity (Wildman–Crippen MR) is 127 cm³/mol. The number of benzene rings is 4. The monoisotopic (exact) mass is 388 g/mol. The lowest BCUT2D eigenvalue weighted by molar-refractivity contribution is 0.585. The molecule has 0 nitrogen and oxygen atoms in total. The van der Waals surface area contributed by atoms with E-state index in [0.29, 0.717) is 5.92 Å². The minimum Gasteiger partial charge on any atom is -0.0622 e. The Bertz CT molecular complexity index is 1090. The maximum Gasteiger partial charge on any atom is -0.0118 e. The standard InChI is InChI=1S/C30H28/c1-2-6-25(7-3-1)27-16-12-23(13-17-27)10-11-24-14-18-28(19-15-24)30-21-20-26-8-4-5-9-29(26)22-30/h1-9,12-19,30H,10-11,20-22H2. The first kappa shape index (κ1) is 18.9. The van der Waals surface area contributed by atoms with Crippen LogP contribution in [0.4, 0.5) is 0 Å². The van der Waals surface area contributed by atoms with Gasteiger partial charge >= 0.3 is 0 Å². The van der Waals surface area contributed by atoms with Gasteiger partial charge in [0.05, 0.1) is 0 Å². The van der Waals surface area contributed by atoms with Crippen molar-refractivity contribution >= 4 is 0 Å². The van der Waals surface area contributed by atoms with Crippen LogP contribution in [0.2, 0.25) is 0 Å². The van der Waals surface area contributed by atoms with Crippen molar-refractivity contribution in [3.8, 4) is 11.1 Å². The Morgan fingerprint density at radius 1 is 0.533 bits per heavy atom. The van der Waals surface area contributed by atoms with E-state index in [1.54, 1.807) is 5.56 Å². The topological polar surface area (TPSA) is 0 Å². The first-order valence-corrected chi connectivity index (χ1v) is 11.2. The Kier molecular flexibility index (Phi) is 5.48. The van der Waals surface area contributed by atoms with E-state index in [9.17, 15) is 0 Å². The summed E-state index contributed by atoms with van der Waals surface area (Å²) in [6.45, 7) is 0. The van der Waals surface area contributed by atoms with Crippen LogP contribution in [0.3, 0.4) is 0 Å². The third kappa shape index (κ3) is 4.24. The zero-order chi connectivity index (χ0) is 20.2. The van der Waals surface area contributed by atoms with Gasteiger partial charge in [-0.25, -0.2) is 0 Å². The van der Waals surface area contributed by atoms with E-state index in [1.165, 1.54) is 52.6 Å². The van der Waals surface area contributed by atoms with Gasteiger partial charge in [-0.05, 0) is 77.0 Å². The summed E-state index contributed by atoms with van der Waals surface area (Å²) in [5.74, 6) is 0.666. The third-order valence-electron chi connectivity index (χ3n) is 6.56. The minimum absolute atomic E-state index is 0.666. The highest BCUT2D eigenvalue weighted by molar-refractivity contribution is 5.63. The molecule has 1 atom stereocenters. The van der Waals surface area contributed by atoms with Gasteiger partial charge in [0, 0.05) is 0 Å². The van der Waals surface area contributed by atoms with Crippen LogP contribution in [0, 0.1) is 0 Å². The minimum atomic E-state index is 0.666. The summed E-state index contributed by atoms with van der Waals surface area (Å²) in [6, 6.07) is 38.0. The Balaban J connectivity index is 1.20. The molecule has 0 amide bonds. The summed E-state index contributed by atoms with van der Waals surface area (Å²) in [6.07, 6.45) is 5.85. The number of hydrogen-bond acceptors (Lipinski definition) is 0. The number of hydrogen-bond donors (Lipinski definition) is 0. The molecular weight excluding hydrogens is 360 g/mol. The maximum absolute atomic E-state index is 2.37. The normalized spacial score (nSPS) is 15.5. The summed E-state index contributed by atoms with van der Waals surface area (Å²) in [5, 5.41) is 0. The third-order valence-corrected chi connectivity index (χ3v) is 6.56. The first-order valence-electron chi connectivity index (χ1n) is 11.2. The second-order valence-electron chi connectivity index (χ2n) is 8.51. The van der Waals surface area contributed by atoms with Crippen molar-refractivity contribution in [2.75, 3.05) is 0 Å². The van der Waals surface area contributed by atoms with Crippen LogP contribution in [0.5, 0.6) is 0 Å². The summed E-state index contributed by atoms with van der Waals surface area (Å²) < 4.78 is 0. The fourth-order valence-electron chi connectivity index (χ4n) is 4.72. The molecule has 4 aromatic rings. The number of rotatable bonds is 5. The van der Waals surface area contributed by atoms with E-state index in [1.807, 2.05) is 0 Å². The molecule has 0 saturated heterocycles. The Morgan fingerprint density at radius 2 is 1.10 bits per heavy atom. The predicted octanol–water partition coefficient (Wildman–Crippen LogP) is 7.41. The van der Waals surface area contributed by atoms with Gasteiger partial charge < -0.3 is 0 Å². The molecule has 0 fully saturated rings. The lowest BCUT2D eigenvalue weighted by Crippen LogP contribution is -2.12. The van der Waals surface area contributed by atoms with Crippen molar-refractivity contribution in [3.05, 3.63) is 131 Å². The van der Waals surface area contributed by atoms with Crippen molar-refractivity contribution in [3.63, 3.8) is 0 Å². The summed E-state index contributed by atoms with van der Waals surface area (Å²) in [7, 11) is 0. The van der Waals surface area contributed by atoms with E-state index in [-0.39, 0.29) is 0 Å². The highest BCUT2D eigenvalue weighted by atomic mass is 14.2. The number of aryl methyl sites for hydroxylation is 3. The average molecular weight is 389 g/mol. The Labute approximate surface area is 180 Å². The van der Waals surface area contributed by atoms with E-state index >= 15 is 0 Å². The van der Waals surface area contributed by atoms with E-state index < -0.39 is 0 Å². The van der Waals surface area contributed by atoms with Gasteiger partial charge in [0.25, 0.3) is 0 Å².